The lowest BCUT2D eigenvalue weighted by molar-refractivity contribution is 0.282. The molecule has 2 aromatic heterocycles. The standard InChI is InChI=1S/C30H30N2O3S/c33-28-26-27(25-14-6-5-10-22(25)20-30(26)15-7-2-8-16-30)31-29(32(28)21-24-13-9-17-34-24)36-19-18-35-23-11-3-1-4-12-23/h1,3-6,9-14,17H,2,7-8,15-16,18-21H2. The highest BCUT2D eigenvalue weighted by molar-refractivity contribution is 7.99. The third-order valence-electron chi connectivity index (χ3n) is 7.50. The number of thioether (sulfide) groups is 1. The molecule has 0 radical (unpaired) electrons. The highest BCUT2D eigenvalue weighted by atomic mass is 32.2. The summed E-state index contributed by atoms with van der Waals surface area (Å²) < 4.78 is 13.4. The van der Waals surface area contributed by atoms with Crippen LogP contribution in [0.3, 0.4) is 0 Å². The highest BCUT2D eigenvalue weighted by Gasteiger charge is 2.43. The van der Waals surface area contributed by atoms with Gasteiger partial charge in [-0.3, -0.25) is 9.36 Å². The fraction of sp³-hybridized carbons (Fsp3) is 0.333. The second-order valence-electron chi connectivity index (χ2n) is 9.77. The van der Waals surface area contributed by atoms with Gasteiger partial charge in [0.25, 0.3) is 5.56 Å². The summed E-state index contributed by atoms with van der Waals surface area (Å²) in [7, 11) is 0. The molecule has 0 atom stereocenters. The molecule has 5 nitrogen and oxygen atoms in total. The summed E-state index contributed by atoms with van der Waals surface area (Å²) in [5.41, 5.74) is 4.16. The van der Waals surface area contributed by atoms with Crippen LogP contribution in [0.25, 0.3) is 11.3 Å². The van der Waals surface area contributed by atoms with Crippen molar-refractivity contribution in [1.82, 2.24) is 9.55 Å². The Morgan fingerprint density at radius 3 is 2.58 bits per heavy atom. The van der Waals surface area contributed by atoms with Crippen LogP contribution in [0.4, 0.5) is 0 Å². The molecule has 2 aliphatic carbocycles. The van der Waals surface area contributed by atoms with Gasteiger partial charge in [0.2, 0.25) is 0 Å². The number of para-hydroxylation sites is 1. The Labute approximate surface area is 215 Å². The number of fused-ring (bicyclic) bond motifs is 4. The van der Waals surface area contributed by atoms with Gasteiger partial charge in [0, 0.05) is 16.7 Å². The van der Waals surface area contributed by atoms with E-state index in [0.717, 1.165) is 65.6 Å². The number of aromatic nitrogens is 2. The van der Waals surface area contributed by atoms with Gasteiger partial charge in [-0.2, -0.15) is 0 Å². The average Bonchev–Trinajstić information content (AvgIpc) is 3.43. The van der Waals surface area contributed by atoms with Crippen LogP contribution in [0.1, 0.15) is 49.0 Å². The van der Waals surface area contributed by atoms with Crippen LogP contribution in [0.2, 0.25) is 0 Å². The molecule has 184 valence electrons. The second-order valence-corrected chi connectivity index (χ2v) is 10.8. The number of benzene rings is 2. The maximum atomic E-state index is 14.3. The minimum atomic E-state index is -0.128. The third-order valence-corrected chi connectivity index (χ3v) is 8.44. The third kappa shape index (κ3) is 4.39. The van der Waals surface area contributed by atoms with E-state index in [-0.39, 0.29) is 11.0 Å². The van der Waals surface area contributed by atoms with Crippen LogP contribution >= 0.6 is 11.8 Å². The molecule has 2 heterocycles. The van der Waals surface area contributed by atoms with Gasteiger partial charge in [-0.1, -0.05) is 73.5 Å². The number of rotatable bonds is 7. The van der Waals surface area contributed by atoms with Gasteiger partial charge in [-0.25, -0.2) is 4.98 Å². The van der Waals surface area contributed by atoms with Crippen molar-refractivity contribution >= 4 is 11.8 Å². The van der Waals surface area contributed by atoms with Crippen LogP contribution in [-0.2, 0) is 18.4 Å². The van der Waals surface area contributed by atoms with E-state index < -0.39 is 0 Å². The van der Waals surface area contributed by atoms with Gasteiger partial charge in [0.15, 0.2) is 5.16 Å². The maximum absolute atomic E-state index is 14.3. The van der Waals surface area contributed by atoms with Gasteiger partial charge in [0.1, 0.15) is 11.5 Å². The van der Waals surface area contributed by atoms with E-state index in [1.807, 2.05) is 47.0 Å². The van der Waals surface area contributed by atoms with Gasteiger partial charge < -0.3 is 9.15 Å². The number of hydrogen-bond donors (Lipinski definition) is 0. The first-order chi connectivity index (χ1) is 17.7. The summed E-state index contributed by atoms with van der Waals surface area (Å²) in [5.74, 6) is 2.29. The Hall–Kier alpha value is -3.25. The smallest absolute Gasteiger partial charge is 0.258 e. The zero-order valence-electron chi connectivity index (χ0n) is 20.3. The van der Waals surface area contributed by atoms with E-state index >= 15 is 0 Å². The summed E-state index contributed by atoms with van der Waals surface area (Å²) in [6, 6.07) is 22.1. The van der Waals surface area contributed by atoms with E-state index in [2.05, 4.69) is 24.3 Å². The van der Waals surface area contributed by atoms with Crippen molar-refractivity contribution in [3.63, 3.8) is 0 Å². The maximum Gasteiger partial charge on any atom is 0.258 e. The van der Waals surface area contributed by atoms with E-state index in [1.54, 1.807) is 18.0 Å². The van der Waals surface area contributed by atoms with Crippen LogP contribution in [0.15, 0.2) is 87.4 Å². The van der Waals surface area contributed by atoms with Crippen LogP contribution in [0, 0.1) is 0 Å². The second kappa shape index (κ2) is 10.0. The Morgan fingerprint density at radius 1 is 0.972 bits per heavy atom. The predicted octanol–water partition coefficient (Wildman–Crippen LogP) is 6.48. The van der Waals surface area contributed by atoms with Gasteiger partial charge in [-0.05, 0) is 49.1 Å². The van der Waals surface area contributed by atoms with Crippen molar-refractivity contribution < 1.29 is 9.15 Å². The normalized spacial score (nSPS) is 15.9. The SMILES string of the molecule is O=c1c2c(nc(SCCOc3ccccc3)n1Cc1ccco1)-c1ccccc1CC21CCCCC1. The molecule has 1 fully saturated rings. The lowest BCUT2D eigenvalue weighted by Crippen LogP contribution is -2.43. The van der Waals surface area contributed by atoms with Gasteiger partial charge in [-0.15, -0.1) is 0 Å². The first-order valence-corrected chi connectivity index (χ1v) is 13.8. The van der Waals surface area contributed by atoms with E-state index in [9.17, 15) is 4.79 Å². The van der Waals surface area contributed by atoms with Crippen LogP contribution < -0.4 is 10.3 Å². The first kappa shape index (κ1) is 23.2. The molecule has 2 aromatic carbocycles. The number of ether oxygens (including phenoxy) is 1. The van der Waals surface area contributed by atoms with Gasteiger partial charge in [0.05, 0.1) is 30.7 Å². The Kier molecular flexibility index (Phi) is 6.45. The molecule has 36 heavy (non-hydrogen) atoms. The van der Waals surface area contributed by atoms with Crippen LogP contribution in [-0.4, -0.2) is 21.9 Å². The zero-order valence-corrected chi connectivity index (χ0v) is 21.1. The van der Waals surface area contributed by atoms with Crippen molar-refractivity contribution in [2.45, 2.75) is 55.6 Å². The van der Waals surface area contributed by atoms with Crippen molar-refractivity contribution in [2.24, 2.45) is 0 Å². The Bertz CT molecular complexity index is 1390. The fourth-order valence-corrected chi connectivity index (χ4v) is 6.65. The number of nitrogens with zero attached hydrogens (tertiary/aromatic N) is 2. The van der Waals surface area contributed by atoms with Crippen LogP contribution in [0.5, 0.6) is 5.75 Å². The largest absolute Gasteiger partial charge is 0.493 e. The topological polar surface area (TPSA) is 57.3 Å². The number of hydrogen-bond acceptors (Lipinski definition) is 5. The number of furan rings is 1. The lowest BCUT2D eigenvalue weighted by atomic mass is 9.62. The molecule has 0 aliphatic heterocycles. The predicted molar refractivity (Wildman–Crippen MR) is 143 cm³/mol. The Balaban J connectivity index is 1.41. The van der Waals surface area contributed by atoms with Crippen molar-refractivity contribution in [3.8, 4) is 17.0 Å². The fourth-order valence-electron chi connectivity index (χ4n) is 5.84. The quantitative estimate of drug-likeness (QED) is 0.166. The summed E-state index contributed by atoms with van der Waals surface area (Å²) in [5, 5.41) is 0.717. The van der Waals surface area contributed by atoms with E-state index in [0.29, 0.717) is 18.9 Å². The Morgan fingerprint density at radius 2 is 1.78 bits per heavy atom. The molecule has 6 heteroatoms. The molecule has 4 aromatic rings. The summed E-state index contributed by atoms with van der Waals surface area (Å²) >= 11 is 1.57. The molecule has 0 bridgehead atoms. The molecule has 1 saturated carbocycles. The monoisotopic (exact) mass is 498 g/mol. The molecule has 1 spiro atoms. The highest BCUT2D eigenvalue weighted by Crippen LogP contribution is 2.48. The van der Waals surface area contributed by atoms with E-state index in [1.165, 1.54) is 12.0 Å². The molecular weight excluding hydrogens is 468 g/mol. The molecule has 0 amide bonds. The van der Waals surface area contributed by atoms with Gasteiger partial charge >= 0.3 is 0 Å². The van der Waals surface area contributed by atoms with Crippen molar-refractivity contribution in [1.29, 1.82) is 0 Å². The minimum absolute atomic E-state index is 0.0827. The van der Waals surface area contributed by atoms with Crippen molar-refractivity contribution in [3.05, 3.63) is 100 Å². The van der Waals surface area contributed by atoms with E-state index in [4.69, 9.17) is 14.1 Å². The molecule has 0 N–H and O–H groups in total. The molecule has 0 unspecified atom stereocenters. The molecule has 6 rings (SSSR count). The van der Waals surface area contributed by atoms with Crippen molar-refractivity contribution in [2.75, 3.05) is 12.4 Å². The zero-order chi connectivity index (χ0) is 24.4. The summed E-state index contributed by atoms with van der Waals surface area (Å²) in [4.78, 5) is 19.6. The first-order valence-electron chi connectivity index (χ1n) is 12.8. The summed E-state index contributed by atoms with van der Waals surface area (Å²) in [6.07, 6.45) is 8.23. The average molecular weight is 499 g/mol. The lowest BCUT2D eigenvalue weighted by Gasteiger charge is -2.42. The molecular formula is C30H30N2O3S. The molecule has 0 saturated heterocycles. The summed E-state index contributed by atoms with van der Waals surface area (Å²) in [6.45, 7) is 0.911. The minimum Gasteiger partial charge on any atom is -0.493 e. The molecule has 2 aliphatic rings.